The third-order valence-corrected chi connectivity index (χ3v) is 6.35. The number of carbonyl (C=O) groups is 2. The van der Waals surface area contributed by atoms with E-state index in [0.29, 0.717) is 46.9 Å². The maximum Gasteiger partial charge on any atom is 0.306 e. The Morgan fingerprint density at radius 2 is 1.81 bits per heavy atom. The Bertz CT molecular complexity index is 1050. The predicted octanol–water partition coefficient (Wildman–Crippen LogP) is 3.37. The highest BCUT2D eigenvalue weighted by Crippen LogP contribution is 2.40. The van der Waals surface area contributed by atoms with Crippen LogP contribution in [0.1, 0.15) is 17.5 Å². The number of nitrogens with zero attached hydrogens (tertiary/aromatic N) is 2. The van der Waals surface area contributed by atoms with Gasteiger partial charge in [0.25, 0.3) is 5.91 Å². The summed E-state index contributed by atoms with van der Waals surface area (Å²) in [6.07, 6.45) is -0.124. The number of benzene rings is 2. The number of ether oxygens (including phenoxy) is 2. The highest BCUT2D eigenvalue weighted by molar-refractivity contribution is 14.1. The van der Waals surface area contributed by atoms with Gasteiger partial charge in [0.15, 0.2) is 0 Å². The minimum Gasteiger partial charge on any atom is -0.493 e. The highest BCUT2D eigenvalue weighted by Gasteiger charge is 2.30. The monoisotopic (exact) mass is 552 g/mol. The molecule has 1 N–H and O–H groups in total. The zero-order valence-electron chi connectivity index (χ0n) is 17.2. The van der Waals surface area contributed by atoms with Gasteiger partial charge in [0.05, 0.1) is 18.6 Å². The van der Waals surface area contributed by atoms with Crippen molar-refractivity contribution >= 4 is 40.3 Å². The minimum atomic E-state index is -0.947. The molecule has 2 aromatic carbocycles. The van der Waals surface area contributed by atoms with Crippen LogP contribution in [0.5, 0.6) is 11.5 Å². The molecule has 0 spiro atoms. The van der Waals surface area contributed by atoms with Crippen LogP contribution in [-0.2, 0) is 9.59 Å². The second kappa shape index (κ2) is 9.86. The third kappa shape index (κ3) is 5.04. The van der Waals surface area contributed by atoms with E-state index < -0.39 is 5.97 Å². The van der Waals surface area contributed by atoms with E-state index >= 15 is 0 Å². The summed E-state index contributed by atoms with van der Waals surface area (Å²) in [6.45, 7) is 2.94. The lowest BCUT2D eigenvalue weighted by atomic mass is 9.90. The lowest BCUT2D eigenvalue weighted by Crippen LogP contribution is -2.46. The molecule has 1 saturated heterocycles. The van der Waals surface area contributed by atoms with Gasteiger partial charge in [-0.25, -0.2) is 7.50 Å². The molecule has 0 saturated carbocycles. The van der Waals surface area contributed by atoms with Crippen molar-refractivity contribution < 1.29 is 28.6 Å². The standard InChI is InChI=1S/C23H22FIN2O5/c24-16-3-1-15(2-4-16)22-18-13-17(31-12-7-21(28)29)5-6-20(18)32-14-19(22)23(30)26-8-10-27(25)11-9-26/h1-6,13H,7-12,14H2,(H,28,29). The zero-order chi connectivity index (χ0) is 22.7. The average Bonchev–Trinajstić information content (AvgIpc) is 2.79. The summed E-state index contributed by atoms with van der Waals surface area (Å²) in [5.74, 6) is -0.350. The number of carboxylic acid groups (broad SMARTS) is 1. The molecule has 32 heavy (non-hydrogen) atoms. The molecular formula is C23H22FIN2O5. The normalized spacial score (nSPS) is 16.4. The highest BCUT2D eigenvalue weighted by atomic mass is 127. The molecule has 2 aliphatic heterocycles. The molecule has 0 bridgehead atoms. The van der Waals surface area contributed by atoms with Gasteiger partial charge in [0.1, 0.15) is 23.9 Å². The van der Waals surface area contributed by atoms with Gasteiger partial charge in [-0.1, -0.05) is 12.1 Å². The topological polar surface area (TPSA) is 79.3 Å². The quantitative estimate of drug-likeness (QED) is 0.438. The Morgan fingerprint density at radius 3 is 2.50 bits per heavy atom. The van der Waals surface area contributed by atoms with Gasteiger partial charge < -0.3 is 19.5 Å². The fourth-order valence-corrected chi connectivity index (χ4v) is 4.18. The molecule has 168 valence electrons. The Balaban J connectivity index is 1.74. The van der Waals surface area contributed by atoms with Crippen LogP contribution in [-0.4, -0.2) is 64.4 Å². The van der Waals surface area contributed by atoms with Gasteiger partial charge in [-0.2, -0.15) is 0 Å². The largest absolute Gasteiger partial charge is 0.493 e. The summed E-state index contributed by atoms with van der Waals surface area (Å²) >= 11 is 2.25. The molecule has 9 heteroatoms. The number of hydrogen-bond acceptors (Lipinski definition) is 5. The Kier molecular flexibility index (Phi) is 6.95. The number of rotatable bonds is 6. The molecule has 1 fully saturated rings. The number of carboxylic acids is 1. The van der Waals surface area contributed by atoms with Crippen LogP contribution < -0.4 is 9.47 Å². The van der Waals surface area contributed by atoms with E-state index in [1.807, 2.05) is 4.90 Å². The van der Waals surface area contributed by atoms with Gasteiger partial charge in [-0.05, 0) is 35.9 Å². The molecule has 0 atom stereocenters. The van der Waals surface area contributed by atoms with E-state index in [2.05, 4.69) is 26.0 Å². The van der Waals surface area contributed by atoms with Crippen molar-refractivity contribution in [3.8, 4) is 11.5 Å². The lowest BCUT2D eigenvalue weighted by Gasteiger charge is -2.33. The van der Waals surface area contributed by atoms with Gasteiger partial charge in [-0.3, -0.25) is 9.59 Å². The predicted molar refractivity (Wildman–Crippen MR) is 124 cm³/mol. The van der Waals surface area contributed by atoms with Gasteiger partial charge in [-0.15, -0.1) is 0 Å². The van der Waals surface area contributed by atoms with Crippen molar-refractivity contribution in [2.75, 3.05) is 39.4 Å². The maximum atomic E-state index is 13.6. The van der Waals surface area contributed by atoms with Crippen LogP contribution >= 0.6 is 22.9 Å². The molecule has 2 aliphatic rings. The molecule has 4 rings (SSSR count). The van der Waals surface area contributed by atoms with Crippen LogP contribution in [0.2, 0.25) is 0 Å². The zero-order valence-corrected chi connectivity index (χ0v) is 19.4. The first kappa shape index (κ1) is 22.5. The van der Waals surface area contributed by atoms with Gasteiger partial charge in [0, 0.05) is 60.2 Å². The first-order valence-electron chi connectivity index (χ1n) is 10.2. The Hall–Kier alpha value is -2.66. The summed E-state index contributed by atoms with van der Waals surface area (Å²) in [5.41, 5.74) is 2.55. The maximum absolute atomic E-state index is 13.6. The number of halogens is 2. The molecule has 0 aromatic heterocycles. The molecule has 7 nitrogen and oxygen atoms in total. The number of amides is 1. The second-order valence-electron chi connectivity index (χ2n) is 7.50. The molecule has 1 amide bonds. The third-order valence-electron chi connectivity index (χ3n) is 5.38. The van der Waals surface area contributed by atoms with E-state index in [1.165, 1.54) is 12.1 Å². The van der Waals surface area contributed by atoms with Crippen LogP contribution in [0.15, 0.2) is 48.0 Å². The van der Waals surface area contributed by atoms with Crippen molar-refractivity contribution in [2.45, 2.75) is 6.42 Å². The van der Waals surface area contributed by atoms with Crippen LogP contribution in [0.4, 0.5) is 4.39 Å². The van der Waals surface area contributed by atoms with Crippen LogP contribution in [0, 0.1) is 5.82 Å². The number of aliphatic carboxylic acids is 1. The smallest absolute Gasteiger partial charge is 0.306 e. The van der Waals surface area contributed by atoms with Gasteiger partial charge >= 0.3 is 5.97 Å². The number of piperazine rings is 1. The number of hydrogen-bond donors (Lipinski definition) is 1. The number of carbonyl (C=O) groups excluding carboxylic acids is 1. The Morgan fingerprint density at radius 1 is 1.09 bits per heavy atom. The summed E-state index contributed by atoms with van der Waals surface area (Å²) in [5, 5.41) is 8.85. The molecule has 2 heterocycles. The lowest BCUT2D eigenvalue weighted by molar-refractivity contribution is -0.137. The van der Waals surface area contributed by atoms with Crippen molar-refractivity contribution in [3.63, 3.8) is 0 Å². The summed E-state index contributed by atoms with van der Waals surface area (Å²) in [4.78, 5) is 26.1. The molecule has 0 radical (unpaired) electrons. The first-order chi connectivity index (χ1) is 15.4. The molecule has 0 aliphatic carbocycles. The van der Waals surface area contributed by atoms with Crippen molar-refractivity contribution in [2.24, 2.45) is 0 Å². The minimum absolute atomic E-state index is 0.0247. The van der Waals surface area contributed by atoms with E-state index in [0.717, 1.165) is 13.1 Å². The molecule has 0 unspecified atom stereocenters. The summed E-state index contributed by atoms with van der Waals surface area (Å²) < 4.78 is 27.2. The average molecular weight is 552 g/mol. The summed E-state index contributed by atoms with van der Waals surface area (Å²) in [6, 6.07) is 11.2. The fourth-order valence-electron chi connectivity index (χ4n) is 3.75. The van der Waals surface area contributed by atoms with Crippen molar-refractivity contribution in [1.82, 2.24) is 8.01 Å². The van der Waals surface area contributed by atoms with E-state index in [9.17, 15) is 14.0 Å². The fraction of sp³-hybridized carbons (Fsp3) is 0.304. The second-order valence-corrected chi connectivity index (χ2v) is 8.87. The molecule has 2 aromatic rings. The SMILES string of the molecule is O=C(O)CCOc1ccc2c(c1)C(c1ccc(F)cc1)=C(C(=O)N1CCN(I)CC1)CO2. The number of fused-ring (bicyclic) bond motifs is 1. The van der Waals surface area contributed by atoms with Crippen molar-refractivity contribution in [3.05, 3.63) is 65.0 Å². The summed E-state index contributed by atoms with van der Waals surface area (Å²) in [7, 11) is 0. The van der Waals surface area contributed by atoms with Crippen molar-refractivity contribution in [1.29, 1.82) is 0 Å². The van der Waals surface area contributed by atoms with E-state index in [1.54, 1.807) is 30.3 Å². The van der Waals surface area contributed by atoms with Gasteiger partial charge in [0.2, 0.25) is 0 Å². The van der Waals surface area contributed by atoms with Crippen LogP contribution in [0.3, 0.4) is 0 Å². The molecular weight excluding hydrogens is 530 g/mol. The van der Waals surface area contributed by atoms with E-state index in [4.69, 9.17) is 14.6 Å². The van der Waals surface area contributed by atoms with Crippen LogP contribution in [0.25, 0.3) is 5.57 Å². The van der Waals surface area contributed by atoms with E-state index in [-0.39, 0.29) is 31.4 Å². The first-order valence-corrected chi connectivity index (χ1v) is 11.2. The Labute approximate surface area is 198 Å².